The summed E-state index contributed by atoms with van der Waals surface area (Å²) in [6, 6.07) is 15.0. The van der Waals surface area contributed by atoms with E-state index in [-0.39, 0.29) is 0 Å². The number of nitrogens with one attached hydrogen (secondary N) is 2. The van der Waals surface area contributed by atoms with Crippen LogP contribution in [0.5, 0.6) is 0 Å². The lowest BCUT2D eigenvalue weighted by atomic mass is 10.1. The predicted molar refractivity (Wildman–Crippen MR) is 255 cm³/mol. The first-order valence-corrected chi connectivity index (χ1v) is 22.6. The Morgan fingerprint density at radius 2 is 1.24 bits per heavy atom. The molecule has 4 aromatic heterocycles. The highest BCUT2D eigenvalue weighted by Crippen LogP contribution is 2.37. The Bertz CT molecular complexity index is 2520. The molecule has 4 saturated heterocycles. The third-order valence-electron chi connectivity index (χ3n) is 11.6. The van der Waals surface area contributed by atoms with Gasteiger partial charge in [0, 0.05) is 94.3 Å². The Hall–Kier alpha value is -4.99. The number of H-pyrrole nitrogens is 2. The van der Waals surface area contributed by atoms with Gasteiger partial charge in [-0.05, 0) is 80.2 Å². The second-order valence-corrected chi connectivity index (χ2v) is 17.3. The number of nitrogens with zero attached hydrogens (tertiary/aromatic N) is 10. The molecule has 6 aromatic rings. The van der Waals surface area contributed by atoms with E-state index >= 15 is 0 Å². The van der Waals surface area contributed by atoms with Gasteiger partial charge in [0.25, 0.3) is 0 Å². The molecule has 4 aliphatic rings. The number of rotatable bonds is 7. The summed E-state index contributed by atoms with van der Waals surface area (Å²) in [5.41, 5.74) is 5.55. The number of aromatic nitrogens is 6. The number of hydrogen-bond donors (Lipinski definition) is 2. The van der Waals surface area contributed by atoms with Crippen molar-refractivity contribution in [1.82, 2.24) is 34.8 Å². The Balaban J connectivity index is 0.000000146. The van der Waals surface area contributed by atoms with Gasteiger partial charge in [-0.3, -0.25) is 0 Å². The summed E-state index contributed by atoms with van der Waals surface area (Å²) in [7, 11) is 0. The maximum Gasteiger partial charge on any atom is 0.145 e. The molecule has 0 spiro atoms. The highest BCUT2D eigenvalue weighted by atomic mass is 35.5. The minimum Gasteiger partial charge on any atom is -0.367 e. The van der Waals surface area contributed by atoms with E-state index in [1.54, 1.807) is 24.8 Å². The monoisotopic (exact) mass is 916 g/mol. The van der Waals surface area contributed by atoms with E-state index in [1.807, 2.05) is 42.7 Å². The van der Waals surface area contributed by atoms with Gasteiger partial charge in [-0.25, -0.2) is 28.7 Å². The maximum atomic E-state index is 13.8. The highest BCUT2D eigenvalue weighted by molar-refractivity contribution is 7.80. The summed E-state index contributed by atoms with van der Waals surface area (Å²) in [5, 5.41) is 5.68. The van der Waals surface area contributed by atoms with Crippen molar-refractivity contribution in [2.75, 3.05) is 85.0 Å². The molecular formula is C44H48Cl2F2N12S2. The summed E-state index contributed by atoms with van der Waals surface area (Å²) in [6.45, 7) is 7.77. The third-order valence-corrected chi connectivity index (χ3v) is 12.6. The number of benzene rings is 2. The second kappa shape index (κ2) is 20.5. The van der Waals surface area contributed by atoms with E-state index in [0.717, 1.165) is 119 Å². The smallest absolute Gasteiger partial charge is 0.145 e. The standard InChI is InChI=1S/C22H24ClFN6S.C15H20FN5.C7H4ClNS/c23-16-3-1-2-15(10-16)11-19(31)28-6-8-29(9-7-28)22-20-18(30-5-4-17(24)13-30)12-25-21(20)26-14-27-22;16-11-4-7-21(9-11)12-8-17-14-13(12)15(19-10-18-14)20-5-2-1-3-6-20;8-6-2-1-3-7(4-6)9-5-10/h1-3,10,12,14,17H,4-9,11,13H2,(H,25,26,27);8,10-11H,1-7,9H2,(H,17,18,19);1-4H/t17-;11-;/m00./s1. The van der Waals surface area contributed by atoms with Crippen molar-refractivity contribution in [3.8, 4) is 0 Å². The molecule has 0 unspecified atom stereocenters. The lowest BCUT2D eigenvalue weighted by Crippen LogP contribution is -2.49. The van der Waals surface area contributed by atoms with E-state index in [0.29, 0.717) is 37.5 Å². The lowest BCUT2D eigenvalue weighted by molar-refractivity contribution is 0.364. The van der Waals surface area contributed by atoms with Crippen molar-refractivity contribution < 1.29 is 8.78 Å². The second-order valence-electron chi connectivity index (χ2n) is 15.8. The number of piperidine rings is 1. The van der Waals surface area contributed by atoms with E-state index in [2.05, 4.69) is 82.8 Å². The maximum absolute atomic E-state index is 13.8. The molecule has 62 heavy (non-hydrogen) atoms. The largest absolute Gasteiger partial charge is 0.367 e. The van der Waals surface area contributed by atoms with Crippen LogP contribution in [0.3, 0.4) is 0 Å². The summed E-state index contributed by atoms with van der Waals surface area (Å²) < 4.78 is 27.3. The quantitative estimate of drug-likeness (QED) is 0.118. The van der Waals surface area contributed by atoms with Gasteiger partial charge in [-0.2, -0.15) is 4.99 Å². The number of halogens is 4. The van der Waals surface area contributed by atoms with Crippen LogP contribution >= 0.6 is 47.6 Å². The summed E-state index contributed by atoms with van der Waals surface area (Å²) in [6.07, 6.45) is 11.2. The van der Waals surface area contributed by atoms with Gasteiger partial charge in [0.2, 0.25) is 0 Å². The van der Waals surface area contributed by atoms with E-state index in [4.69, 9.17) is 35.4 Å². The SMILES string of the molecule is F[C@H]1CCN(c2c[nH]c3ncnc(N4CCCCC4)c23)C1.F[C@H]1CCN(c2c[nH]c3ncnc(N4CCN(C(=S)Cc5cccc(Cl)c5)CC4)c23)C1.S=C=Nc1cccc(Cl)c1. The first-order valence-electron chi connectivity index (χ1n) is 21.0. The normalized spacial score (nSPS) is 18.9. The molecule has 8 heterocycles. The minimum absolute atomic E-state index is 0.423. The van der Waals surface area contributed by atoms with Gasteiger partial charge in [0.05, 0.1) is 38.0 Å². The molecule has 0 bridgehead atoms. The van der Waals surface area contributed by atoms with Crippen molar-refractivity contribution in [1.29, 1.82) is 0 Å². The van der Waals surface area contributed by atoms with Crippen LogP contribution < -0.4 is 19.6 Å². The van der Waals surface area contributed by atoms with Crippen LogP contribution in [0.1, 0.15) is 37.7 Å². The van der Waals surface area contributed by atoms with Crippen molar-refractivity contribution in [2.24, 2.45) is 4.99 Å². The van der Waals surface area contributed by atoms with Crippen LogP contribution in [0.15, 0.2) is 78.6 Å². The fraction of sp³-hybridized carbons (Fsp3) is 0.409. The van der Waals surface area contributed by atoms with Crippen LogP contribution in [0.4, 0.5) is 37.5 Å². The minimum atomic E-state index is -0.776. The predicted octanol–water partition coefficient (Wildman–Crippen LogP) is 9.42. The molecule has 10 rings (SSSR count). The lowest BCUT2D eigenvalue weighted by Gasteiger charge is -2.37. The zero-order valence-electron chi connectivity index (χ0n) is 34.2. The van der Waals surface area contributed by atoms with Gasteiger partial charge < -0.3 is 34.5 Å². The number of alkyl halides is 2. The molecular weight excluding hydrogens is 870 g/mol. The van der Waals surface area contributed by atoms with Crippen LogP contribution in [0.25, 0.3) is 22.1 Å². The molecule has 2 aromatic carbocycles. The van der Waals surface area contributed by atoms with Gasteiger partial charge >= 0.3 is 0 Å². The van der Waals surface area contributed by atoms with Crippen molar-refractivity contribution in [2.45, 2.75) is 50.9 Å². The Morgan fingerprint density at radius 1 is 0.694 bits per heavy atom. The number of isothiocyanates is 1. The van der Waals surface area contributed by atoms with E-state index in [9.17, 15) is 8.78 Å². The summed E-state index contributed by atoms with van der Waals surface area (Å²) >= 11 is 21.9. The number of fused-ring (bicyclic) bond motifs is 2. The Kier molecular flexibility index (Phi) is 14.4. The first kappa shape index (κ1) is 43.7. The molecule has 4 fully saturated rings. The number of anilines is 4. The number of piperazine rings is 1. The van der Waals surface area contributed by atoms with Crippen LogP contribution in [-0.2, 0) is 6.42 Å². The zero-order valence-corrected chi connectivity index (χ0v) is 37.3. The molecule has 2 atom stereocenters. The van der Waals surface area contributed by atoms with Gasteiger partial charge in [0.1, 0.15) is 47.9 Å². The number of thiocarbonyl (C=S) groups is 2. The molecule has 324 valence electrons. The van der Waals surface area contributed by atoms with Gasteiger partial charge in [-0.15, -0.1) is 0 Å². The summed E-state index contributed by atoms with van der Waals surface area (Å²) in [4.78, 5) is 40.1. The average molecular weight is 918 g/mol. The molecule has 2 N–H and O–H groups in total. The molecule has 0 aliphatic carbocycles. The van der Waals surface area contributed by atoms with Crippen molar-refractivity contribution in [3.63, 3.8) is 0 Å². The zero-order chi connectivity index (χ0) is 43.0. The van der Waals surface area contributed by atoms with Crippen LogP contribution in [0.2, 0.25) is 10.0 Å². The topological polar surface area (TPSA) is 112 Å². The van der Waals surface area contributed by atoms with E-state index < -0.39 is 12.3 Å². The highest BCUT2D eigenvalue weighted by Gasteiger charge is 2.29. The fourth-order valence-corrected chi connectivity index (χ4v) is 9.37. The van der Waals surface area contributed by atoms with E-state index in [1.165, 1.54) is 19.3 Å². The molecule has 0 radical (unpaired) electrons. The molecule has 0 saturated carbocycles. The Morgan fingerprint density at radius 3 is 1.76 bits per heavy atom. The molecule has 4 aliphatic heterocycles. The molecule has 0 amide bonds. The molecule has 18 heteroatoms. The fourth-order valence-electron chi connectivity index (χ4n) is 8.52. The average Bonchev–Trinajstić information content (AvgIpc) is 4.11. The Labute approximate surface area is 380 Å². The van der Waals surface area contributed by atoms with Crippen LogP contribution in [0, 0.1) is 0 Å². The van der Waals surface area contributed by atoms with Crippen molar-refractivity contribution in [3.05, 3.63) is 89.2 Å². The van der Waals surface area contributed by atoms with Gasteiger partial charge in [-0.1, -0.05) is 53.6 Å². The number of aromatic amines is 2. The third kappa shape index (κ3) is 10.4. The number of aliphatic imine (C=N–C) groups is 1. The van der Waals surface area contributed by atoms with Crippen LogP contribution in [-0.4, -0.2) is 123 Å². The number of hydrogen-bond acceptors (Lipinski definition) is 11. The first-order chi connectivity index (χ1) is 30.2. The van der Waals surface area contributed by atoms with Gasteiger partial charge in [0.15, 0.2) is 0 Å². The summed E-state index contributed by atoms with van der Waals surface area (Å²) in [5.74, 6) is 1.90. The molecule has 12 nitrogen and oxygen atoms in total. The van der Waals surface area contributed by atoms with Crippen molar-refractivity contribution >= 4 is 109 Å².